The summed E-state index contributed by atoms with van der Waals surface area (Å²) >= 11 is 0. The summed E-state index contributed by atoms with van der Waals surface area (Å²) in [5.41, 5.74) is 0.237. The molecular weight excluding hydrogens is 330 g/mol. The number of nitrogens with one attached hydrogen (secondary N) is 1. The topological polar surface area (TPSA) is 88.6 Å². The van der Waals surface area contributed by atoms with Crippen molar-refractivity contribution in [2.45, 2.75) is 37.4 Å². The maximum atomic E-state index is 12.6. The van der Waals surface area contributed by atoms with Crippen LogP contribution < -0.4 is 4.72 Å². The van der Waals surface area contributed by atoms with Crippen molar-refractivity contribution in [3.05, 3.63) is 30.1 Å². The first kappa shape index (κ1) is 17.3. The van der Waals surface area contributed by atoms with Crippen molar-refractivity contribution >= 4 is 15.9 Å². The number of pyridine rings is 1. The highest BCUT2D eigenvalue weighted by molar-refractivity contribution is 7.88. The lowest BCUT2D eigenvalue weighted by Crippen LogP contribution is -2.47. The Morgan fingerprint density at radius 1 is 1.50 bits per heavy atom. The maximum absolute atomic E-state index is 12.6. The number of rotatable bonds is 4. The summed E-state index contributed by atoms with van der Waals surface area (Å²) in [7, 11) is -3.22. The number of carbonyl (C=O) groups is 1. The van der Waals surface area contributed by atoms with Gasteiger partial charge in [-0.25, -0.2) is 13.1 Å². The van der Waals surface area contributed by atoms with E-state index in [0.717, 1.165) is 31.9 Å². The predicted octanol–water partition coefficient (Wildman–Crippen LogP) is 0.785. The minimum atomic E-state index is -3.22. The third-order valence-electron chi connectivity index (χ3n) is 4.66. The summed E-state index contributed by atoms with van der Waals surface area (Å²) in [5.74, 6) is -0.0278. The molecule has 0 saturated carbocycles. The van der Waals surface area contributed by atoms with Gasteiger partial charge in [-0.3, -0.25) is 9.78 Å². The van der Waals surface area contributed by atoms with Gasteiger partial charge in [0.1, 0.15) is 0 Å². The molecule has 2 fully saturated rings. The van der Waals surface area contributed by atoms with Gasteiger partial charge in [-0.2, -0.15) is 0 Å². The molecule has 3 heterocycles. The number of ether oxygens (including phenoxy) is 1. The van der Waals surface area contributed by atoms with E-state index < -0.39 is 10.0 Å². The molecule has 0 bridgehead atoms. The van der Waals surface area contributed by atoms with Crippen molar-refractivity contribution < 1.29 is 17.9 Å². The summed E-state index contributed by atoms with van der Waals surface area (Å²) in [6.07, 6.45) is 7.73. The van der Waals surface area contributed by atoms with E-state index in [1.807, 2.05) is 4.90 Å². The first-order valence-corrected chi connectivity index (χ1v) is 10.1. The molecule has 0 radical (unpaired) electrons. The molecule has 2 aliphatic rings. The molecule has 3 rings (SSSR count). The number of carbonyl (C=O) groups excluding carboxylic acids is 1. The van der Waals surface area contributed by atoms with Crippen LogP contribution >= 0.6 is 0 Å². The van der Waals surface area contributed by atoms with Crippen molar-refractivity contribution in [1.82, 2.24) is 14.6 Å². The molecule has 1 amide bonds. The second kappa shape index (κ2) is 6.78. The fraction of sp³-hybridized carbons (Fsp3) is 0.625. The van der Waals surface area contributed by atoms with E-state index in [9.17, 15) is 13.2 Å². The third kappa shape index (κ3) is 4.12. The van der Waals surface area contributed by atoms with E-state index in [2.05, 4.69) is 9.71 Å². The van der Waals surface area contributed by atoms with Crippen LogP contribution in [0.5, 0.6) is 0 Å². The van der Waals surface area contributed by atoms with Crippen LogP contribution in [0.25, 0.3) is 0 Å². The highest BCUT2D eigenvalue weighted by Gasteiger charge is 2.44. The number of amides is 1. The molecule has 2 aliphatic heterocycles. The molecule has 2 atom stereocenters. The predicted molar refractivity (Wildman–Crippen MR) is 89.1 cm³/mol. The summed E-state index contributed by atoms with van der Waals surface area (Å²) in [6, 6.07) is 3.52. The van der Waals surface area contributed by atoms with Crippen LogP contribution in [0.15, 0.2) is 24.5 Å². The zero-order chi connectivity index (χ0) is 17.2. The van der Waals surface area contributed by atoms with Crippen molar-refractivity contribution in [3.8, 4) is 0 Å². The van der Waals surface area contributed by atoms with Gasteiger partial charge in [0.2, 0.25) is 10.0 Å². The van der Waals surface area contributed by atoms with E-state index in [0.29, 0.717) is 18.7 Å². The van der Waals surface area contributed by atoms with Crippen LogP contribution in [-0.4, -0.2) is 61.8 Å². The van der Waals surface area contributed by atoms with E-state index in [-0.39, 0.29) is 24.2 Å². The van der Waals surface area contributed by atoms with Gasteiger partial charge in [0.25, 0.3) is 5.91 Å². The first-order valence-electron chi connectivity index (χ1n) is 8.19. The lowest BCUT2D eigenvalue weighted by Gasteiger charge is -2.38. The molecular formula is C16H23N3O4S. The van der Waals surface area contributed by atoms with Crippen LogP contribution in [-0.2, 0) is 14.8 Å². The summed E-state index contributed by atoms with van der Waals surface area (Å²) in [5, 5.41) is 0. The molecule has 1 spiro atoms. The molecule has 2 saturated heterocycles. The molecule has 0 aliphatic carbocycles. The fourth-order valence-electron chi connectivity index (χ4n) is 3.50. The first-order chi connectivity index (χ1) is 11.4. The zero-order valence-corrected chi connectivity index (χ0v) is 14.6. The van der Waals surface area contributed by atoms with E-state index in [1.165, 1.54) is 0 Å². The number of hydrogen-bond donors (Lipinski definition) is 1. The molecule has 132 valence electrons. The SMILES string of the molecule is CS(=O)(=O)NC[C@@H]1CCC[C@@]2(CCN(C(=O)c3cccnc3)C2)O1. The van der Waals surface area contributed by atoms with Gasteiger partial charge >= 0.3 is 0 Å². The Hall–Kier alpha value is -1.51. The standard InChI is InChI=1S/C16H23N3O4S/c1-24(21,22)18-11-14-5-2-6-16(23-14)7-9-19(12-16)15(20)13-4-3-8-17-10-13/h3-4,8,10,14,18H,2,5-7,9,11-12H2,1H3/t14-,16-/m0/s1. The summed E-state index contributed by atoms with van der Waals surface area (Å²) in [4.78, 5) is 18.4. The zero-order valence-electron chi connectivity index (χ0n) is 13.8. The lowest BCUT2D eigenvalue weighted by molar-refractivity contribution is -0.116. The second-order valence-electron chi connectivity index (χ2n) is 6.65. The van der Waals surface area contributed by atoms with Gasteiger partial charge < -0.3 is 9.64 Å². The molecule has 1 aromatic rings. The van der Waals surface area contributed by atoms with Gasteiger partial charge in [0, 0.05) is 25.5 Å². The molecule has 0 unspecified atom stereocenters. The van der Waals surface area contributed by atoms with Gasteiger partial charge in [-0.15, -0.1) is 0 Å². The van der Waals surface area contributed by atoms with Crippen molar-refractivity contribution in [2.24, 2.45) is 0 Å². The molecule has 8 heteroatoms. The highest BCUT2D eigenvalue weighted by Crippen LogP contribution is 2.37. The smallest absolute Gasteiger partial charge is 0.255 e. The Labute approximate surface area is 142 Å². The fourth-order valence-corrected chi connectivity index (χ4v) is 3.99. The van der Waals surface area contributed by atoms with Gasteiger partial charge in [-0.05, 0) is 37.8 Å². The van der Waals surface area contributed by atoms with Crippen LogP contribution in [0.1, 0.15) is 36.0 Å². The molecule has 1 N–H and O–H groups in total. The Morgan fingerprint density at radius 2 is 2.33 bits per heavy atom. The van der Waals surface area contributed by atoms with Crippen LogP contribution in [0.2, 0.25) is 0 Å². The molecule has 24 heavy (non-hydrogen) atoms. The average Bonchev–Trinajstić information content (AvgIpc) is 2.96. The molecule has 1 aromatic heterocycles. The Bertz CT molecular complexity index is 695. The highest BCUT2D eigenvalue weighted by atomic mass is 32.2. The number of aromatic nitrogens is 1. The number of nitrogens with zero attached hydrogens (tertiary/aromatic N) is 2. The Kier molecular flexibility index (Phi) is 4.89. The van der Waals surface area contributed by atoms with Gasteiger partial charge in [0.05, 0.1) is 30.1 Å². The van der Waals surface area contributed by atoms with Crippen molar-refractivity contribution in [1.29, 1.82) is 0 Å². The van der Waals surface area contributed by atoms with Crippen LogP contribution in [0.3, 0.4) is 0 Å². The molecule has 0 aromatic carbocycles. The lowest BCUT2D eigenvalue weighted by atomic mass is 9.90. The number of sulfonamides is 1. The van der Waals surface area contributed by atoms with Gasteiger partial charge in [-0.1, -0.05) is 0 Å². The second-order valence-corrected chi connectivity index (χ2v) is 8.49. The summed E-state index contributed by atoms with van der Waals surface area (Å²) in [6.45, 7) is 1.49. The van der Waals surface area contributed by atoms with Crippen LogP contribution in [0, 0.1) is 0 Å². The monoisotopic (exact) mass is 353 g/mol. The quantitative estimate of drug-likeness (QED) is 0.864. The largest absolute Gasteiger partial charge is 0.368 e. The third-order valence-corrected chi connectivity index (χ3v) is 5.35. The van der Waals surface area contributed by atoms with E-state index in [4.69, 9.17) is 4.74 Å². The number of likely N-dealkylation sites (tertiary alicyclic amines) is 1. The Balaban J connectivity index is 1.62. The Morgan fingerprint density at radius 3 is 3.04 bits per heavy atom. The molecule has 7 nitrogen and oxygen atoms in total. The number of hydrogen-bond acceptors (Lipinski definition) is 5. The van der Waals surface area contributed by atoms with E-state index in [1.54, 1.807) is 24.5 Å². The minimum Gasteiger partial charge on any atom is -0.368 e. The van der Waals surface area contributed by atoms with Crippen molar-refractivity contribution in [2.75, 3.05) is 25.9 Å². The average molecular weight is 353 g/mol. The van der Waals surface area contributed by atoms with E-state index >= 15 is 0 Å². The van der Waals surface area contributed by atoms with Crippen molar-refractivity contribution in [3.63, 3.8) is 0 Å². The van der Waals surface area contributed by atoms with Gasteiger partial charge in [0.15, 0.2) is 0 Å². The maximum Gasteiger partial charge on any atom is 0.255 e. The van der Waals surface area contributed by atoms with Crippen LogP contribution in [0.4, 0.5) is 0 Å². The normalized spacial score (nSPS) is 27.5. The minimum absolute atomic E-state index is 0.0278. The summed E-state index contributed by atoms with van der Waals surface area (Å²) < 4.78 is 31.2.